The van der Waals surface area contributed by atoms with Gasteiger partial charge in [0.25, 0.3) is 0 Å². The monoisotopic (exact) mass is 243 g/mol. The zero-order chi connectivity index (χ0) is 12.1. The van der Waals surface area contributed by atoms with E-state index in [0.717, 1.165) is 18.3 Å². The molecule has 0 aliphatic rings. The van der Waals surface area contributed by atoms with E-state index < -0.39 is 0 Å². The van der Waals surface area contributed by atoms with Crippen molar-refractivity contribution in [1.29, 1.82) is 0 Å². The van der Waals surface area contributed by atoms with E-state index in [1.165, 1.54) is 12.8 Å². The van der Waals surface area contributed by atoms with Crippen molar-refractivity contribution in [3.63, 3.8) is 0 Å². The molecular formula is C12H22ClN3. The van der Waals surface area contributed by atoms with Gasteiger partial charge in [-0.2, -0.15) is 0 Å². The molecule has 0 amide bonds. The van der Waals surface area contributed by atoms with Crippen LogP contribution in [0.3, 0.4) is 0 Å². The summed E-state index contributed by atoms with van der Waals surface area (Å²) in [6.07, 6.45) is 4.16. The Morgan fingerprint density at radius 1 is 1.38 bits per heavy atom. The summed E-state index contributed by atoms with van der Waals surface area (Å²) in [6, 6.07) is 0.526. The first kappa shape index (κ1) is 13.5. The molecule has 1 aromatic heterocycles. The van der Waals surface area contributed by atoms with Crippen molar-refractivity contribution in [2.24, 2.45) is 13.0 Å². The zero-order valence-corrected chi connectivity index (χ0v) is 11.4. The van der Waals surface area contributed by atoms with E-state index >= 15 is 0 Å². The van der Waals surface area contributed by atoms with Crippen molar-refractivity contribution in [2.45, 2.75) is 46.2 Å². The third-order valence-electron chi connectivity index (χ3n) is 2.81. The minimum absolute atomic E-state index is 0.526. The van der Waals surface area contributed by atoms with Crippen LogP contribution in [-0.2, 0) is 13.6 Å². The first-order chi connectivity index (χ1) is 7.50. The van der Waals surface area contributed by atoms with Crippen molar-refractivity contribution in [3.05, 3.63) is 17.2 Å². The number of aromatic nitrogens is 2. The van der Waals surface area contributed by atoms with Crippen LogP contribution in [0.4, 0.5) is 0 Å². The van der Waals surface area contributed by atoms with E-state index in [1.807, 2.05) is 11.6 Å². The molecule has 0 saturated heterocycles. The van der Waals surface area contributed by atoms with Crippen molar-refractivity contribution in [3.8, 4) is 0 Å². The van der Waals surface area contributed by atoms with Gasteiger partial charge in [0.15, 0.2) is 0 Å². The number of rotatable bonds is 6. The second-order valence-corrected chi connectivity index (χ2v) is 5.20. The van der Waals surface area contributed by atoms with E-state index in [9.17, 15) is 0 Å². The summed E-state index contributed by atoms with van der Waals surface area (Å²) in [5.74, 6) is 1.76. The topological polar surface area (TPSA) is 29.9 Å². The summed E-state index contributed by atoms with van der Waals surface area (Å²) >= 11 is 5.92. The van der Waals surface area contributed by atoms with Gasteiger partial charge in [0.05, 0.1) is 12.7 Å². The lowest BCUT2D eigenvalue weighted by atomic mass is 10.0. The van der Waals surface area contributed by atoms with Gasteiger partial charge in [0, 0.05) is 13.1 Å². The van der Waals surface area contributed by atoms with Gasteiger partial charge in [-0.25, -0.2) is 4.98 Å². The lowest BCUT2D eigenvalue weighted by Crippen LogP contribution is -2.27. The average Bonchev–Trinajstić information content (AvgIpc) is 2.54. The number of hydrogen-bond donors (Lipinski definition) is 1. The molecule has 1 unspecified atom stereocenters. The van der Waals surface area contributed by atoms with Gasteiger partial charge in [0.2, 0.25) is 0 Å². The molecule has 92 valence electrons. The second kappa shape index (κ2) is 6.26. The molecule has 0 spiro atoms. The fourth-order valence-corrected chi connectivity index (χ4v) is 1.69. The van der Waals surface area contributed by atoms with Crippen LogP contribution in [0.5, 0.6) is 0 Å². The predicted octanol–water partition coefficient (Wildman–Crippen LogP) is 2.99. The van der Waals surface area contributed by atoms with Crippen LogP contribution in [0.2, 0.25) is 5.15 Å². The van der Waals surface area contributed by atoms with Crippen molar-refractivity contribution >= 4 is 11.6 Å². The van der Waals surface area contributed by atoms with Crippen LogP contribution in [0.1, 0.15) is 39.4 Å². The molecule has 0 aliphatic heterocycles. The molecule has 0 bridgehead atoms. The quantitative estimate of drug-likeness (QED) is 0.833. The summed E-state index contributed by atoms with van der Waals surface area (Å²) in [5.41, 5.74) is 0. The summed E-state index contributed by atoms with van der Waals surface area (Å²) in [7, 11) is 1.94. The van der Waals surface area contributed by atoms with E-state index in [2.05, 4.69) is 31.1 Å². The third kappa shape index (κ3) is 4.14. The van der Waals surface area contributed by atoms with Crippen LogP contribution in [0, 0.1) is 5.92 Å². The Balaban J connectivity index is 2.31. The number of halogens is 1. The minimum Gasteiger partial charge on any atom is -0.321 e. The molecule has 1 N–H and O–H groups in total. The SMILES string of the molecule is CC(C)CCC(C)NCc1ncc(Cl)n1C. The van der Waals surface area contributed by atoms with Gasteiger partial charge in [-0.1, -0.05) is 25.4 Å². The zero-order valence-electron chi connectivity index (χ0n) is 10.6. The predicted molar refractivity (Wildman–Crippen MR) is 68.6 cm³/mol. The molecule has 3 nitrogen and oxygen atoms in total. The Labute approximate surface area is 103 Å². The van der Waals surface area contributed by atoms with Crippen molar-refractivity contribution < 1.29 is 0 Å². The first-order valence-corrected chi connectivity index (χ1v) is 6.28. The van der Waals surface area contributed by atoms with Gasteiger partial charge in [-0.05, 0) is 25.7 Å². The van der Waals surface area contributed by atoms with E-state index in [0.29, 0.717) is 11.2 Å². The van der Waals surface area contributed by atoms with Gasteiger partial charge in [0.1, 0.15) is 11.0 Å². The minimum atomic E-state index is 0.526. The molecule has 1 atom stereocenters. The highest BCUT2D eigenvalue weighted by atomic mass is 35.5. The number of imidazole rings is 1. The molecular weight excluding hydrogens is 222 g/mol. The average molecular weight is 244 g/mol. The van der Waals surface area contributed by atoms with Crippen LogP contribution in [0.15, 0.2) is 6.20 Å². The van der Waals surface area contributed by atoms with Crippen molar-refractivity contribution in [1.82, 2.24) is 14.9 Å². The molecule has 0 fully saturated rings. The van der Waals surface area contributed by atoms with Gasteiger partial charge in [-0.3, -0.25) is 0 Å². The fourth-order valence-electron chi connectivity index (χ4n) is 1.54. The molecule has 4 heteroatoms. The normalized spacial score (nSPS) is 13.4. The number of nitrogens with one attached hydrogen (secondary N) is 1. The Kier molecular flexibility index (Phi) is 5.29. The van der Waals surface area contributed by atoms with Crippen LogP contribution in [0.25, 0.3) is 0 Å². The number of nitrogens with zero attached hydrogens (tertiary/aromatic N) is 2. The summed E-state index contributed by atoms with van der Waals surface area (Å²) in [6.45, 7) is 7.51. The molecule has 0 aromatic carbocycles. The lowest BCUT2D eigenvalue weighted by Gasteiger charge is -2.14. The summed E-state index contributed by atoms with van der Waals surface area (Å²) < 4.78 is 1.91. The Morgan fingerprint density at radius 3 is 2.56 bits per heavy atom. The number of hydrogen-bond acceptors (Lipinski definition) is 2. The first-order valence-electron chi connectivity index (χ1n) is 5.90. The maximum atomic E-state index is 5.92. The van der Waals surface area contributed by atoms with E-state index in [4.69, 9.17) is 11.6 Å². The second-order valence-electron chi connectivity index (χ2n) is 4.81. The standard InChI is InChI=1S/C12H22ClN3/c1-9(2)5-6-10(3)14-8-12-15-7-11(13)16(12)4/h7,9-10,14H,5-6,8H2,1-4H3. The molecule has 0 saturated carbocycles. The van der Waals surface area contributed by atoms with E-state index in [1.54, 1.807) is 6.20 Å². The molecule has 0 radical (unpaired) electrons. The third-order valence-corrected chi connectivity index (χ3v) is 3.16. The smallest absolute Gasteiger partial charge is 0.128 e. The Hall–Kier alpha value is -0.540. The van der Waals surface area contributed by atoms with Gasteiger partial charge < -0.3 is 9.88 Å². The van der Waals surface area contributed by atoms with Gasteiger partial charge in [-0.15, -0.1) is 0 Å². The highest BCUT2D eigenvalue weighted by Gasteiger charge is 2.07. The molecule has 0 aliphatic carbocycles. The largest absolute Gasteiger partial charge is 0.321 e. The Morgan fingerprint density at radius 2 is 2.06 bits per heavy atom. The van der Waals surface area contributed by atoms with Crippen LogP contribution < -0.4 is 5.32 Å². The molecule has 16 heavy (non-hydrogen) atoms. The highest BCUT2D eigenvalue weighted by molar-refractivity contribution is 6.29. The molecule has 1 heterocycles. The molecule has 1 aromatic rings. The van der Waals surface area contributed by atoms with Crippen LogP contribution in [-0.4, -0.2) is 15.6 Å². The Bertz CT molecular complexity index is 320. The maximum Gasteiger partial charge on any atom is 0.128 e. The lowest BCUT2D eigenvalue weighted by molar-refractivity contribution is 0.444. The maximum absolute atomic E-state index is 5.92. The van der Waals surface area contributed by atoms with E-state index in [-0.39, 0.29) is 0 Å². The summed E-state index contributed by atoms with van der Waals surface area (Å²) in [4.78, 5) is 4.25. The summed E-state index contributed by atoms with van der Waals surface area (Å²) in [5, 5.41) is 4.15. The molecule has 1 rings (SSSR count). The highest BCUT2D eigenvalue weighted by Crippen LogP contribution is 2.10. The fraction of sp³-hybridized carbons (Fsp3) is 0.750. The van der Waals surface area contributed by atoms with Crippen LogP contribution >= 0.6 is 11.6 Å². The van der Waals surface area contributed by atoms with Gasteiger partial charge >= 0.3 is 0 Å². The van der Waals surface area contributed by atoms with Crippen molar-refractivity contribution in [2.75, 3.05) is 0 Å².